The van der Waals surface area contributed by atoms with Crippen LogP contribution in [0.4, 0.5) is 10.5 Å². The lowest BCUT2D eigenvalue weighted by Crippen LogP contribution is -2.36. The van der Waals surface area contributed by atoms with Gasteiger partial charge in [-0.05, 0) is 59.8 Å². The average Bonchev–Trinajstić information content (AvgIpc) is 3.03. The number of imide groups is 1. The Bertz CT molecular complexity index is 941. The first kappa shape index (κ1) is 20.8. The first-order valence-corrected chi connectivity index (χ1v) is 10.9. The zero-order chi connectivity index (χ0) is 20.9. The molecule has 2 aliphatic heterocycles. The van der Waals surface area contributed by atoms with Crippen LogP contribution >= 0.6 is 23.4 Å². The summed E-state index contributed by atoms with van der Waals surface area (Å²) in [6, 6.07) is 14.9. The van der Waals surface area contributed by atoms with Crippen LogP contribution in [0.15, 0.2) is 53.4 Å². The molecule has 0 saturated carbocycles. The summed E-state index contributed by atoms with van der Waals surface area (Å²) in [7, 11) is 0. The Balaban J connectivity index is 1.35. The van der Waals surface area contributed by atoms with Gasteiger partial charge in [0.05, 0.1) is 24.7 Å². The van der Waals surface area contributed by atoms with Crippen molar-refractivity contribution in [2.45, 2.75) is 0 Å². The van der Waals surface area contributed by atoms with Crippen molar-refractivity contribution in [1.82, 2.24) is 4.90 Å². The number of halogens is 1. The summed E-state index contributed by atoms with van der Waals surface area (Å²) in [4.78, 5) is 28.8. The first-order valence-electron chi connectivity index (χ1n) is 9.67. The molecule has 30 heavy (non-hydrogen) atoms. The molecule has 0 aliphatic carbocycles. The zero-order valence-corrected chi connectivity index (χ0v) is 17.8. The van der Waals surface area contributed by atoms with Gasteiger partial charge in [0, 0.05) is 23.8 Å². The van der Waals surface area contributed by atoms with Gasteiger partial charge in [0.2, 0.25) is 0 Å². The van der Waals surface area contributed by atoms with Gasteiger partial charge in [-0.15, -0.1) is 0 Å². The number of anilines is 1. The monoisotopic (exact) mass is 444 g/mol. The topological polar surface area (TPSA) is 59.1 Å². The second kappa shape index (κ2) is 9.55. The predicted octanol–water partition coefficient (Wildman–Crippen LogP) is 4.29. The molecule has 8 heteroatoms. The molecule has 0 N–H and O–H groups in total. The lowest BCUT2D eigenvalue weighted by molar-refractivity contribution is -0.123. The van der Waals surface area contributed by atoms with Gasteiger partial charge in [-0.25, -0.2) is 0 Å². The molecule has 2 aromatic carbocycles. The van der Waals surface area contributed by atoms with Crippen molar-refractivity contribution in [3.8, 4) is 5.75 Å². The lowest BCUT2D eigenvalue weighted by atomic mass is 10.1. The molecule has 2 fully saturated rings. The van der Waals surface area contributed by atoms with Gasteiger partial charge in [-0.2, -0.15) is 0 Å². The molecule has 2 aliphatic rings. The van der Waals surface area contributed by atoms with E-state index in [-0.39, 0.29) is 24.3 Å². The van der Waals surface area contributed by atoms with E-state index in [0.717, 1.165) is 49.3 Å². The van der Waals surface area contributed by atoms with Crippen LogP contribution in [0.3, 0.4) is 0 Å². The van der Waals surface area contributed by atoms with Crippen molar-refractivity contribution in [3.63, 3.8) is 0 Å². The number of carbonyl (C=O) groups is 2. The smallest absolute Gasteiger partial charge is 0.293 e. The Morgan fingerprint density at radius 2 is 1.73 bits per heavy atom. The average molecular weight is 445 g/mol. The number of nitrogens with zero attached hydrogens (tertiary/aromatic N) is 2. The lowest BCUT2D eigenvalue weighted by Gasteiger charge is -2.28. The van der Waals surface area contributed by atoms with Gasteiger partial charge in [-0.1, -0.05) is 23.7 Å². The number of hydrogen-bond donors (Lipinski definition) is 0. The molecule has 6 nitrogen and oxygen atoms in total. The first-order chi connectivity index (χ1) is 14.6. The molecule has 0 radical (unpaired) electrons. The van der Waals surface area contributed by atoms with Gasteiger partial charge in [0.1, 0.15) is 12.4 Å². The number of carbonyl (C=O) groups excluding carboxylic acids is 2. The van der Waals surface area contributed by atoms with Gasteiger partial charge < -0.3 is 14.4 Å². The number of ether oxygens (including phenoxy) is 2. The molecule has 2 heterocycles. The zero-order valence-electron chi connectivity index (χ0n) is 16.3. The highest BCUT2D eigenvalue weighted by Gasteiger charge is 2.34. The largest absolute Gasteiger partial charge is 0.492 e. The minimum Gasteiger partial charge on any atom is -0.492 e. The fourth-order valence-electron chi connectivity index (χ4n) is 3.23. The molecule has 0 spiro atoms. The summed E-state index contributed by atoms with van der Waals surface area (Å²) >= 11 is 6.80. The Kier molecular flexibility index (Phi) is 6.62. The number of rotatable bonds is 6. The summed E-state index contributed by atoms with van der Waals surface area (Å²) in [6.07, 6.45) is 1.76. The molecule has 4 rings (SSSR count). The quantitative estimate of drug-likeness (QED) is 0.619. The Morgan fingerprint density at radius 3 is 2.43 bits per heavy atom. The minimum atomic E-state index is -0.290. The van der Waals surface area contributed by atoms with Crippen molar-refractivity contribution < 1.29 is 19.1 Å². The van der Waals surface area contributed by atoms with Gasteiger partial charge in [-0.3, -0.25) is 14.5 Å². The van der Waals surface area contributed by atoms with E-state index in [1.165, 1.54) is 4.90 Å². The van der Waals surface area contributed by atoms with Crippen LogP contribution in [0, 0.1) is 0 Å². The Hall–Kier alpha value is -2.48. The summed E-state index contributed by atoms with van der Waals surface area (Å²) in [5, 5.41) is 0.340. The normalized spacial score (nSPS) is 18.4. The van der Waals surface area contributed by atoms with E-state index in [2.05, 4.69) is 4.90 Å². The van der Waals surface area contributed by atoms with Crippen LogP contribution in [0.25, 0.3) is 6.08 Å². The van der Waals surface area contributed by atoms with Crippen molar-refractivity contribution in [2.24, 2.45) is 0 Å². The maximum Gasteiger partial charge on any atom is 0.293 e. The van der Waals surface area contributed by atoms with Crippen LogP contribution in [0.2, 0.25) is 5.02 Å². The molecule has 0 atom stereocenters. The fourth-order valence-corrected chi connectivity index (χ4v) is 4.22. The highest BCUT2D eigenvalue weighted by molar-refractivity contribution is 8.18. The number of amides is 2. The third-order valence-corrected chi connectivity index (χ3v) is 6.00. The van der Waals surface area contributed by atoms with E-state index in [1.807, 2.05) is 24.3 Å². The third kappa shape index (κ3) is 4.98. The number of hydrogen-bond acceptors (Lipinski definition) is 6. The van der Waals surface area contributed by atoms with Crippen molar-refractivity contribution in [3.05, 3.63) is 64.0 Å². The Labute approximate surface area is 184 Å². The highest BCUT2D eigenvalue weighted by atomic mass is 35.5. The third-order valence-electron chi connectivity index (χ3n) is 4.84. The van der Waals surface area contributed by atoms with E-state index in [0.29, 0.717) is 15.7 Å². The van der Waals surface area contributed by atoms with Crippen LogP contribution in [0.1, 0.15) is 5.56 Å². The summed E-state index contributed by atoms with van der Waals surface area (Å²) in [5.41, 5.74) is 2.01. The molecular weight excluding hydrogens is 424 g/mol. The fraction of sp³-hybridized carbons (Fsp3) is 0.273. The molecule has 2 amide bonds. The van der Waals surface area contributed by atoms with Crippen molar-refractivity contribution >= 4 is 46.3 Å². The summed E-state index contributed by atoms with van der Waals surface area (Å²) < 4.78 is 11.0. The molecule has 156 valence electrons. The van der Waals surface area contributed by atoms with Gasteiger partial charge in [0.15, 0.2) is 0 Å². The van der Waals surface area contributed by atoms with Gasteiger partial charge in [0.25, 0.3) is 11.1 Å². The standard InChI is InChI=1S/C22H21ClN2O4S/c23-17-3-7-19(8-4-17)29-14-11-25-21(26)20(30-22(25)27)15-16-1-5-18(6-2-16)24-9-12-28-13-10-24/h1-8,15H,9-14H2/b20-15-. The van der Waals surface area contributed by atoms with E-state index in [9.17, 15) is 9.59 Å². The number of thioether (sulfide) groups is 1. The van der Waals surface area contributed by atoms with E-state index in [4.69, 9.17) is 21.1 Å². The molecular formula is C22H21ClN2O4S. The molecule has 0 aromatic heterocycles. The molecule has 0 bridgehead atoms. The van der Waals surface area contributed by atoms with E-state index >= 15 is 0 Å². The minimum absolute atomic E-state index is 0.195. The van der Waals surface area contributed by atoms with Crippen LogP contribution in [-0.2, 0) is 9.53 Å². The van der Waals surface area contributed by atoms with Crippen LogP contribution in [-0.4, -0.2) is 55.5 Å². The molecule has 2 saturated heterocycles. The SMILES string of the molecule is O=C1S/C(=C\c2ccc(N3CCOCC3)cc2)C(=O)N1CCOc1ccc(Cl)cc1. The highest BCUT2D eigenvalue weighted by Crippen LogP contribution is 2.32. The summed E-state index contributed by atoms with van der Waals surface area (Å²) in [6.45, 7) is 3.63. The maximum atomic E-state index is 12.6. The van der Waals surface area contributed by atoms with Crippen molar-refractivity contribution in [1.29, 1.82) is 0 Å². The van der Waals surface area contributed by atoms with E-state index < -0.39 is 0 Å². The molecule has 0 unspecified atom stereocenters. The number of morpholine rings is 1. The summed E-state index contributed by atoms with van der Waals surface area (Å²) in [5.74, 6) is 0.351. The maximum absolute atomic E-state index is 12.6. The van der Waals surface area contributed by atoms with Gasteiger partial charge >= 0.3 is 0 Å². The predicted molar refractivity (Wildman–Crippen MR) is 119 cm³/mol. The second-order valence-corrected chi connectivity index (χ2v) is 8.26. The van der Waals surface area contributed by atoms with Crippen LogP contribution < -0.4 is 9.64 Å². The Morgan fingerprint density at radius 1 is 1.03 bits per heavy atom. The van der Waals surface area contributed by atoms with Crippen LogP contribution in [0.5, 0.6) is 5.75 Å². The van der Waals surface area contributed by atoms with Crippen molar-refractivity contribution in [2.75, 3.05) is 44.4 Å². The molecule has 2 aromatic rings. The second-order valence-electron chi connectivity index (χ2n) is 6.83. The number of benzene rings is 2. The van der Waals surface area contributed by atoms with E-state index in [1.54, 1.807) is 30.3 Å².